The molecule has 0 amide bonds. The van der Waals surface area contributed by atoms with E-state index in [1.165, 1.54) is 44.9 Å². The Morgan fingerprint density at radius 2 is 1.50 bits per heavy atom. The van der Waals surface area contributed by atoms with Crippen LogP contribution in [0.4, 0.5) is 0 Å². The van der Waals surface area contributed by atoms with Crippen molar-refractivity contribution in [2.45, 2.75) is 75.9 Å². The Bertz CT molecular complexity index is 184. The fraction of sp³-hybridized carbons (Fsp3) is 1.00. The van der Waals surface area contributed by atoms with Gasteiger partial charge in [-0.15, -0.1) is 0 Å². The molecule has 2 saturated carbocycles. The summed E-state index contributed by atoms with van der Waals surface area (Å²) in [5.74, 6) is 2.18. The number of rotatable bonds is 4. The summed E-state index contributed by atoms with van der Waals surface area (Å²) in [7, 11) is 0. The largest absolute Gasteiger partial charge is 0.162 e. The van der Waals surface area contributed by atoms with E-state index in [0.29, 0.717) is 0 Å². The molecule has 2 rings (SSSR count). The van der Waals surface area contributed by atoms with Crippen LogP contribution in [0.1, 0.15) is 70.6 Å². The van der Waals surface area contributed by atoms with Crippen LogP contribution < -0.4 is 0 Å². The molecule has 0 radical (unpaired) electrons. The summed E-state index contributed by atoms with van der Waals surface area (Å²) in [6.45, 7) is 0. The second-order valence-electron chi connectivity index (χ2n) is 5.97. The van der Waals surface area contributed by atoms with Gasteiger partial charge in [0, 0.05) is 5.25 Å². The average molecular weight is 240 g/mol. The van der Waals surface area contributed by atoms with E-state index in [2.05, 4.69) is 18.0 Å². The van der Waals surface area contributed by atoms with Gasteiger partial charge >= 0.3 is 0 Å². The zero-order valence-corrected chi connectivity index (χ0v) is 11.7. The first kappa shape index (κ1) is 12.8. The van der Waals surface area contributed by atoms with Crippen LogP contribution in [0.3, 0.4) is 0 Å². The lowest BCUT2D eigenvalue weighted by Gasteiger charge is -2.30. The van der Waals surface area contributed by atoms with E-state index >= 15 is 0 Å². The Morgan fingerprint density at radius 3 is 2.25 bits per heavy atom. The van der Waals surface area contributed by atoms with Crippen molar-refractivity contribution in [1.29, 1.82) is 0 Å². The van der Waals surface area contributed by atoms with E-state index in [1.54, 1.807) is 25.7 Å². The van der Waals surface area contributed by atoms with Crippen LogP contribution in [-0.2, 0) is 0 Å². The van der Waals surface area contributed by atoms with Crippen molar-refractivity contribution in [2.75, 3.05) is 6.26 Å². The third-order valence-corrected chi connectivity index (χ3v) is 5.87. The first-order valence-corrected chi connectivity index (χ1v) is 8.70. The molecule has 0 aromatic rings. The highest BCUT2D eigenvalue weighted by Crippen LogP contribution is 2.36. The third-order valence-electron chi connectivity index (χ3n) is 4.78. The van der Waals surface area contributed by atoms with Crippen molar-refractivity contribution in [3.63, 3.8) is 0 Å². The SMILES string of the molecule is CSC1CCCC(CCC2CCCCC2)C1. The van der Waals surface area contributed by atoms with Crippen molar-refractivity contribution < 1.29 is 0 Å². The first-order chi connectivity index (χ1) is 7.88. The molecular weight excluding hydrogens is 212 g/mol. The molecule has 0 aromatic heterocycles. The lowest BCUT2D eigenvalue weighted by molar-refractivity contribution is 0.276. The molecule has 2 aliphatic rings. The number of hydrogen-bond acceptors (Lipinski definition) is 1. The van der Waals surface area contributed by atoms with Gasteiger partial charge in [0.1, 0.15) is 0 Å². The van der Waals surface area contributed by atoms with Crippen LogP contribution in [-0.4, -0.2) is 11.5 Å². The highest BCUT2D eigenvalue weighted by Gasteiger charge is 2.22. The van der Waals surface area contributed by atoms with Gasteiger partial charge in [0.25, 0.3) is 0 Å². The molecule has 0 aromatic carbocycles. The summed E-state index contributed by atoms with van der Waals surface area (Å²) >= 11 is 2.11. The van der Waals surface area contributed by atoms with E-state index in [0.717, 1.165) is 17.1 Å². The van der Waals surface area contributed by atoms with Crippen molar-refractivity contribution >= 4 is 11.8 Å². The predicted molar refractivity (Wildman–Crippen MR) is 75.1 cm³/mol. The van der Waals surface area contributed by atoms with Crippen LogP contribution in [0.25, 0.3) is 0 Å². The number of thioether (sulfide) groups is 1. The molecular formula is C15H28S. The van der Waals surface area contributed by atoms with Crippen LogP contribution in [0.2, 0.25) is 0 Å². The molecule has 2 atom stereocenters. The minimum absolute atomic E-state index is 0.991. The molecule has 0 N–H and O–H groups in total. The van der Waals surface area contributed by atoms with Crippen molar-refractivity contribution in [2.24, 2.45) is 11.8 Å². The summed E-state index contributed by atoms with van der Waals surface area (Å²) < 4.78 is 0. The maximum Gasteiger partial charge on any atom is 0.00469 e. The van der Waals surface area contributed by atoms with Gasteiger partial charge in [-0.2, -0.15) is 11.8 Å². The zero-order valence-electron chi connectivity index (χ0n) is 10.9. The predicted octanol–water partition coefficient (Wildman–Crippen LogP) is 5.27. The third kappa shape index (κ3) is 3.98. The van der Waals surface area contributed by atoms with Gasteiger partial charge in [-0.05, 0) is 30.9 Å². The Kier molecular flexibility index (Phi) is 5.55. The molecule has 2 aliphatic carbocycles. The van der Waals surface area contributed by atoms with E-state index in [1.807, 2.05) is 0 Å². The molecule has 2 fully saturated rings. The van der Waals surface area contributed by atoms with E-state index < -0.39 is 0 Å². The fourth-order valence-corrected chi connectivity index (χ4v) is 4.53. The molecule has 16 heavy (non-hydrogen) atoms. The Hall–Kier alpha value is 0.350. The van der Waals surface area contributed by atoms with Gasteiger partial charge in [0.05, 0.1) is 0 Å². The van der Waals surface area contributed by atoms with Crippen LogP contribution in [0.5, 0.6) is 0 Å². The van der Waals surface area contributed by atoms with Gasteiger partial charge in [0.2, 0.25) is 0 Å². The maximum absolute atomic E-state index is 2.30. The minimum atomic E-state index is 0.991. The maximum atomic E-state index is 2.30. The van der Waals surface area contributed by atoms with Gasteiger partial charge in [-0.3, -0.25) is 0 Å². The highest BCUT2D eigenvalue weighted by atomic mass is 32.2. The van der Waals surface area contributed by atoms with E-state index in [9.17, 15) is 0 Å². The molecule has 0 aliphatic heterocycles. The first-order valence-electron chi connectivity index (χ1n) is 7.41. The molecule has 0 nitrogen and oxygen atoms in total. The van der Waals surface area contributed by atoms with Crippen LogP contribution >= 0.6 is 11.8 Å². The normalized spacial score (nSPS) is 32.8. The van der Waals surface area contributed by atoms with Crippen molar-refractivity contribution in [1.82, 2.24) is 0 Å². The second-order valence-corrected chi connectivity index (χ2v) is 7.11. The minimum Gasteiger partial charge on any atom is -0.162 e. The molecule has 0 heterocycles. The summed E-state index contributed by atoms with van der Waals surface area (Å²) in [5.41, 5.74) is 0. The lowest BCUT2D eigenvalue weighted by Crippen LogP contribution is -2.18. The van der Waals surface area contributed by atoms with Crippen LogP contribution in [0, 0.1) is 11.8 Å². The fourth-order valence-electron chi connectivity index (χ4n) is 3.67. The molecule has 94 valence electrons. The monoisotopic (exact) mass is 240 g/mol. The van der Waals surface area contributed by atoms with Gasteiger partial charge in [0.15, 0.2) is 0 Å². The lowest BCUT2D eigenvalue weighted by atomic mass is 9.80. The molecule has 0 spiro atoms. The molecule has 1 heteroatoms. The van der Waals surface area contributed by atoms with E-state index in [-0.39, 0.29) is 0 Å². The Labute approximate surface area is 106 Å². The summed E-state index contributed by atoms with van der Waals surface area (Å²) in [5, 5.41) is 0.991. The Morgan fingerprint density at radius 1 is 0.812 bits per heavy atom. The smallest absolute Gasteiger partial charge is 0.00469 e. The van der Waals surface area contributed by atoms with Gasteiger partial charge in [-0.1, -0.05) is 57.8 Å². The Balaban J connectivity index is 1.64. The van der Waals surface area contributed by atoms with Gasteiger partial charge in [-0.25, -0.2) is 0 Å². The molecule has 2 unspecified atom stereocenters. The van der Waals surface area contributed by atoms with E-state index in [4.69, 9.17) is 0 Å². The standard InChI is InChI=1S/C15H28S/c1-16-15-9-5-8-14(12-15)11-10-13-6-3-2-4-7-13/h13-15H,2-12H2,1H3. The number of hydrogen-bond donors (Lipinski definition) is 0. The highest BCUT2D eigenvalue weighted by molar-refractivity contribution is 7.99. The molecule has 0 bridgehead atoms. The topological polar surface area (TPSA) is 0 Å². The van der Waals surface area contributed by atoms with Crippen molar-refractivity contribution in [3.8, 4) is 0 Å². The van der Waals surface area contributed by atoms with Crippen LogP contribution in [0.15, 0.2) is 0 Å². The summed E-state index contributed by atoms with van der Waals surface area (Å²) in [6.07, 6.45) is 19.1. The van der Waals surface area contributed by atoms with Gasteiger partial charge < -0.3 is 0 Å². The summed E-state index contributed by atoms with van der Waals surface area (Å²) in [6, 6.07) is 0. The summed E-state index contributed by atoms with van der Waals surface area (Å²) in [4.78, 5) is 0. The second kappa shape index (κ2) is 6.93. The zero-order chi connectivity index (χ0) is 11.2. The average Bonchev–Trinajstić information content (AvgIpc) is 2.38. The quantitative estimate of drug-likeness (QED) is 0.645. The van der Waals surface area contributed by atoms with Crippen molar-refractivity contribution in [3.05, 3.63) is 0 Å². The molecule has 0 saturated heterocycles.